The molecule has 1 saturated carbocycles. The van der Waals surface area contributed by atoms with Crippen LogP contribution in [0.15, 0.2) is 24.3 Å². The van der Waals surface area contributed by atoms with Gasteiger partial charge in [-0.2, -0.15) is 5.26 Å². The molecule has 1 aliphatic heterocycles. The molecule has 1 aromatic rings. The normalized spacial score (nSPS) is 27.5. The Balaban J connectivity index is 2.14. The molecule has 0 N–H and O–H groups in total. The molecule has 0 radical (unpaired) electrons. The highest BCUT2D eigenvalue weighted by atomic mass is 35.5. The number of para-hydroxylation sites is 1. The van der Waals surface area contributed by atoms with E-state index in [9.17, 15) is 4.79 Å². The number of benzene rings is 1. The molecule has 0 bridgehead atoms. The standard InChI is InChI=1S/C15H14ClNO2S/c16-15(20-10-17)13(18)11-6-2-3-7-12(11)19-14(15)8-4-1-5-9-14/h2-3,6-7H,1,4-5,8-9H2/t15-/m0/s1. The molecule has 0 aromatic heterocycles. The molecular formula is C15H14ClNO2S. The predicted molar refractivity (Wildman–Crippen MR) is 79.0 cm³/mol. The van der Waals surface area contributed by atoms with Crippen molar-refractivity contribution in [2.45, 2.75) is 41.9 Å². The zero-order chi connectivity index (χ0) is 14.2. The summed E-state index contributed by atoms with van der Waals surface area (Å²) < 4.78 is 4.84. The van der Waals surface area contributed by atoms with Crippen LogP contribution in [0.2, 0.25) is 0 Å². The van der Waals surface area contributed by atoms with E-state index < -0.39 is 9.81 Å². The van der Waals surface area contributed by atoms with Gasteiger partial charge in [-0.15, -0.1) is 0 Å². The quantitative estimate of drug-likeness (QED) is 0.578. The number of thioether (sulfide) groups is 1. The van der Waals surface area contributed by atoms with E-state index in [-0.39, 0.29) is 5.78 Å². The average Bonchev–Trinajstić information content (AvgIpc) is 2.47. The fourth-order valence-corrected chi connectivity index (χ4v) is 4.34. The number of rotatable bonds is 1. The summed E-state index contributed by atoms with van der Waals surface area (Å²) in [4.78, 5) is 12.8. The summed E-state index contributed by atoms with van der Waals surface area (Å²) in [6.07, 6.45) is 4.48. The lowest BCUT2D eigenvalue weighted by molar-refractivity contribution is 0.00875. The number of hydrogen-bond acceptors (Lipinski definition) is 4. The molecule has 2 aliphatic rings. The summed E-state index contributed by atoms with van der Waals surface area (Å²) in [6, 6.07) is 7.15. The molecule has 5 heteroatoms. The summed E-state index contributed by atoms with van der Waals surface area (Å²) in [5.41, 5.74) is -0.292. The summed E-state index contributed by atoms with van der Waals surface area (Å²) in [5.74, 6) is 0.392. The lowest BCUT2D eigenvalue weighted by Crippen LogP contribution is -2.60. The van der Waals surface area contributed by atoms with Gasteiger partial charge in [0.25, 0.3) is 0 Å². The third kappa shape index (κ3) is 1.84. The number of hydrogen-bond donors (Lipinski definition) is 0. The lowest BCUT2D eigenvalue weighted by Gasteiger charge is -2.49. The number of Topliss-reactive ketones (excluding diaryl/α,β-unsaturated/α-hetero) is 1. The van der Waals surface area contributed by atoms with E-state index in [1.165, 1.54) is 0 Å². The van der Waals surface area contributed by atoms with Crippen LogP contribution in [-0.4, -0.2) is 15.6 Å². The van der Waals surface area contributed by atoms with Gasteiger partial charge in [0, 0.05) is 0 Å². The Morgan fingerprint density at radius 3 is 2.65 bits per heavy atom. The van der Waals surface area contributed by atoms with Gasteiger partial charge in [0.2, 0.25) is 9.99 Å². The Morgan fingerprint density at radius 1 is 1.25 bits per heavy atom. The molecule has 3 nitrogen and oxygen atoms in total. The minimum atomic E-state index is -1.34. The van der Waals surface area contributed by atoms with Crippen molar-refractivity contribution < 1.29 is 9.53 Å². The second kappa shape index (κ2) is 4.98. The first-order valence-corrected chi connectivity index (χ1v) is 7.91. The number of carbonyl (C=O) groups is 1. The van der Waals surface area contributed by atoms with Gasteiger partial charge in [-0.1, -0.05) is 30.2 Å². The van der Waals surface area contributed by atoms with Crippen LogP contribution >= 0.6 is 23.4 Å². The van der Waals surface area contributed by atoms with Crippen molar-refractivity contribution >= 4 is 29.1 Å². The molecule has 1 aliphatic carbocycles. The molecule has 1 spiro atoms. The van der Waals surface area contributed by atoms with Crippen molar-refractivity contribution in [3.05, 3.63) is 29.8 Å². The first kappa shape index (κ1) is 13.8. The second-order valence-corrected chi connectivity index (χ2v) is 7.06. The number of ether oxygens (including phenoxy) is 1. The van der Waals surface area contributed by atoms with Crippen LogP contribution in [0.1, 0.15) is 42.5 Å². The predicted octanol–water partition coefficient (Wildman–Crippen LogP) is 4.11. The number of ketones is 1. The van der Waals surface area contributed by atoms with Crippen molar-refractivity contribution in [1.29, 1.82) is 5.26 Å². The second-order valence-electron chi connectivity index (χ2n) is 5.27. The van der Waals surface area contributed by atoms with Gasteiger partial charge in [0.1, 0.15) is 16.8 Å². The Bertz CT molecular complexity index is 592. The molecule has 3 rings (SSSR count). The molecule has 1 atom stereocenters. The Kier molecular flexibility index (Phi) is 3.43. The van der Waals surface area contributed by atoms with E-state index in [2.05, 4.69) is 0 Å². The van der Waals surface area contributed by atoms with Crippen LogP contribution in [-0.2, 0) is 0 Å². The van der Waals surface area contributed by atoms with Gasteiger partial charge in [0.15, 0.2) is 0 Å². The topological polar surface area (TPSA) is 50.1 Å². The Morgan fingerprint density at radius 2 is 1.95 bits per heavy atom. The molecule has 104 valence electrons. The van der Waals surface area contributed by atoms with Crippen LogP contribution in [0.3, 0.4) is 0 Å². The maximum atomic E-state index is 12.8. The molecular weight excluding hydrogens is 294 g/mol. The third-order valence-electron chi connectivity index (χ3n) is 4.16. The summed E-state index contributed by atoms with van der Waals surface area (Å²) in [7, 11) is 0. The Hall–Kier alpha value is -1.18. The van der Waals surface area contributed by atoms with E-state index in [1.807, 2.05) is 11.5 Å². The van der Waals surface area contributed by atoms with Gasteiger partial charge in [-0.25, -0.2) is 0 Å². The third-order valence-corrected chi connectivity index (χ3v) is 5.84. The van der Waals surface area contributed by atoms with Gasteiger partial charge < -0.3 is 4.74 Å². The van der Waals surface area contributed by atoms with Crippen LogP contribution in [0, 0.1) is 10.7 Å². The van der Waals surface area contributed by atoms with Crippen molar-refractivity contribution in [3.63, 3.8) is 0 Å². The number of carbonyl (C=O) groups excluding carboxylic acids is 1. The first-order valence-electron chi connectivity index (χ1n) is 6.72. The van der Waals surface area contributed by atoms with Crippen LogP contribution in [0.25, 0.3) is 0 Å². The van der Waals surface area contributed by atoms with E-state index in [0.29, 0.717) is 24.2 Å². The van der Waals surface area contributed by atoms with Gasteiger partial charge in [0.05, 0.1) is 5.56 Å². The minimum Gasteiger partial charge on any atom is -0.483 e. The smallest absolute Gasteiger partial charge is 0.205 e. The number of alkyl halides is 1. The lowest BCUT2D eigenvalue weighted by atomic mass is 9.77. The van der Waals surface area contributed by atoms with Crippen LogP contribution in [0.4, 0.5) is 0 Å². The van der Waals surface area contributed by atoms with Crippen LogP contribution < -0.4 is 4.74 Å². The molecule has 1 heterocycles. The van der Waals surface area contributed by atoms with Crippen molar-refractivity contribution in [1.82, 2.24) is 0 Å². The van der Waals surface area contributed by atoms with Crippen molar-refractivity contribution in [2.24, 2.45) is 0 Å². The number of halogens is 1. The highest BCUT2D eigenvalue weighted by Gasteiger charge is 2.61. The number of thiocyanates is 1. The van der Waals surface area contributed by atoms with E-state index in [0.717, 1.165) is 31.0 Å². The fourth-order valence-electron chi connectivity index (χ4n) is 3.15. The molecule has 0 amide bonds. The first-order chi connectivity index (χ1) is 9.63. The van der Waals surface area contributed by atoms with E-state index in [4.69, 9.17) is 21.6 Å². The number of nitrogens with zero attached hydrogens (tertiary/aromatic N) is 1. The SMILES string of the molecule is N#CS[C@@]1(Cl)C(=O)c2ccccc2OC12CCCCC2. The van der Waals surface area contributed by atoms with Gasteiger partial charge in [-0.05, 0) is 49.6 Å². The minimum absolute atomic E-state index is 0.200. The van der Waals surface area contributed by atoms with E-state index >= 15 is 0 Å². The van der Waals surface area contributed by atoms with Crippen molar-refractivity contribution in [3.8, 4) is 11.2 Å². The van der Waals surface area contributed by atoms with Gasteiger partial charge >= 0.3 is 0 Å². The maximum Gasteiger partial charge on any atom is 0.205 e. The Labute approximate surface area is 127 Å². The molecule has 0 unspecified atom stereocenters. The number of nitriles is 1. The highest BCUT2D eigenvalue weighted by Crippen LogP contribution is 2.55. The number of fused-ring (bicyclic) bond motifs is 1. The highest BCUT2D eigenvalue weighted by molar-refractivity contribution is 8.07. The maximum absolute atomic E-state index is 12.8. The summed E-state index contributed by atoms with van der Waals surface area (Å²) >= 11 is 7.48. The average molecular weight is 308 g/mol. The zero-order valence-electron chi connectivity index (χ0n) is 10.9. The molecule has 20 heavy (non-hydrogen) atoms. The molecule has 1 aromatic carbocycles. The van der Waals surface area contributed by atoms with E-state index in [1.54, 1.807) is 18.2 Å². The van der Waals surface area contributed by atoms with Crippen LogP contribution in [0.5, 0.6) is 5.75 Å². The van der Waals surface area contributed by atoms with Gasteiger partial charge in [-0.3, -0.25) is 4.79 Å². The summed E-state index contributed by atoms with van der Waals surface area (Å²) in [6.45, 7) is 0. The zero-order valence-corrected chi connectivity index (χ0v) is 12.5. The molecule has 1 fully saturated rings. The fraction of sp³-hybridized carbons (Fsp3) is 0.467. The monoisotopic (exact) mass is 307 g/mol. The summed E-state index contributed by atoms with van der Waals surface area (Å²) in [5, 5.41) is 11.1. The largest absolute Gasteiger partial charge is 0.483 e. The van der Waals surface area contributed by atoms with Crippen molar-refractivity contribution in [2.75, 3.05) is 0 Å². The molecule has 0 saturated heterocycles.